The van der Waals surface area contributed by atoms with Crippen LogP contribution in [0.2, 0.25) is 0 Å². The van der Waals surface area contributed by atoms with Crippen molar-refractivity contribution in [3.8, 4) is 11.5 Å². The van der Waals surface area contributed by atoms with E-state index in [0.717, 1.165) is 16.0 Å². The molecule has 34 heavy (non-hydrogen) atoms. The number of ether oxygens (including phenoxy) is 2. The first-order valence-electron chi connectivity index (χ1n) is 10.9. The zero-order valence-corrected chi connectivity index (χ0v) is 20.6. The van der Waals surface area contributed by atoms with Crippen molar-refractivity contribution in [3.63, 3.8) is 0 Å². The lowest BCUT2D eigenvalue weighted by Crippen LogP contribution is -2.42. The lowest BCUT2D eigenvalue weighted by molar-refractivity contribution is -0.133. The average molecular weight is 479 g/mol. The lowest BCUT2D eigenvalue weighted by Gasteiger charge is -2.27. The Balaban J connectivity index is 1.84. The fraction of sp³-hybridized carbons (Fsp3) is 0.259. The van der Waals surface area contributed by atoms with Crippen molar-refractivity contribution in [2.75, 3.05) is 27.3 Å². The van der Waals surface area contributed by atoms with E-state index in [1.54, 1.807) is 40.5 Å². The summed E-state index contributed by atoms with van der Waals surface area (Å²) in [5.41, 5.74) is 2.57. The molecule has 3 aromatic rings. The summed E-state index contributed by atoms with van der Waals surface area (Å²) < 4.78 is 10.6. The van der Waals surface area contributed by atoms with Gasteiger partial charge >= 0.3 is 0 Å². The summed E-state index contributed by atoms with van der Waals surface area (Å²) in [5.74, 6) is 0.581. The standard InChI is InChI=1S/C27H30N2O4S/c1-5-12-28(27(31)22-14-23(32-3)16-24(15-22)33-4)19-26(30)29(17-21-9-7-6-8-10-21)18-25-20(2)11-13-34-25/h5-11,13-16H,1,12,17-19H2,2-4H3. The molecule has 0 spiro atoms. The maximum absolute atomic E-state index is 13.5. The van der Waals surface area contributed by atoms with Gasteiger partial charge < -0.3 is 19.3 Å². The average Bonchev–Trinajstić information content (AvgIpc) is 3.27. The first-order chi connectivity index (χ1) is 16.4. The number of carbonyl (C=O) groups excluding carboxylic acids is 2. The van der Waals surface area contributed by atoms with Gasteiger partial charge in [0.15, 0.2) is 0 Å². The van der Waals surface area contributed by atoms with Gasteiger partial charge in [-0.2, -0.15) is 0 Å². The van der Waals surface area contributed by atoms with Crippen molar-refractivity contribution in [1.82, 2.24) is 9.80 Å². The Hall–Kier alpha value is -3.58. The van der Waals surface area contributed by atoms with Crippen LogP contribution >= 0.6 is 11.3 Å². The van der Waals surface area contributed by atoms with Crippen LogP contribution < -0.4 is 9.47 Å². The highest BCUT2D eigenvalue weighted by atomic mass is 32.1. The number of benzene rings is 2. The van der Waals surface area contributed by atoms with Crippen molar-refractivity contribution >= 4 is 23.2 Å². The van der Waals surface area contributed by atoms with E-state index in [1.807, 2.05) is 42.6 Å². The van der Waals surface area contributed by atoms with Gasteiger partial charge in [0.05, 0.1) is 20.8 Å². The minimum absolute atomic E-state index is 0.0678. The highest BCUT2D eigenvalue weighted by molar-refractivity contribution is 7.10. The van der Waals surface area contributed by atoms with Crippen molar-refractivity contribution < 1.29 is 19.1 Å². The fourth-order valence-corrected chi connectivity index (χ4v) is 4.45. The number of hydrogen-bond acceptors (Lipinski definition) is 5. The van der Waals surface area contributed by atoms with E-state index in [-0.39, 0.29) is 24.9 Å². The van der Waals surface area contributed by atoms with Gasteiger partial charge in [-0.1, -0.05) is 36.4 Å². The Morgan fingerprint density at radius 3 is 2.21 bits per heavy atom. The Morgan fingerprint density at radius 1 is 0.971 bits per heavy atom. The monoisotopic (exact) mass is 478 g/mol. The molecule has 0 aliphatic rings. The molecule has 1 heterocycles. The molecule has 0 N–H and O–H groups in total. The number of rotatable bonds is 11. The molecule has 1 aromatic heterocycles. The van der Waals surface area contributed by atoms with E-state index in [1.165, 1.54) is 19.1 Å². The van der Waals surface area contributed by atoms with E-state index >= 15 is 0 Å². The molecule has 0 saturated carbocycles. The smallest absolute Gasteiger partial charge is 0.254 e. The van der Waals surface area contributed by atoms with E-state index in [4.69, 9.17) is 9.47 Å². The molecule has 0 atom stereocenters. The van der Waals surface area contributed by atoms with E-state index < -0.39 is 0 Å². The summed E-state index contributed by atoms with van der Waals surface area (Å²) in [6.45, 7) is 6.93. The van der Waals surface area contributed by atoms with Crippen LogP contribution in [0.5, 0.6) is 11.5 Å². The van der Waals surface area contributed by atoms with Gasteiger partial charge in [0.1, 0.15) is 18.0 Å². The number of thiophene rings is 1. The normalized spacial score (nSPS) is 10.4. The maximum atomic E-state index is 13.5. The number of nitrogens with zero attached hydrogens (tertiary/aromatic N) is 2. The van der Waals surface area contributed by atoms with E-state index in [9.17, 15) is 9.59 Å². The number of aryl methyl sites for hydroxylation is 1. The number of amides is 2. The molecule has 7 heteroatoms. The van der Waals surface area contributed by atoms with Gasteiger partial charge in [-0.05, 0) is 41.6 Å². The zero-order valence-electron chi connectivity index (χ0n) is 19.8. The summed E-state index contributed by atoms with van der Waals surface area (Å²) in [7, 11) is 3.06. The molecule has 178 valence electrons. The molecular formula is C27H30N2O4S. The summed E-state index contributed by atoms with van der Waals surface area (Å²) in [6, 6.07) is 16.9. The lowest BCUT2D eigenvalue weighted by atomic mass is 10.1. The largest absolute Gasteiger partial charge is 0.497 e. The summed E-state index contributed by atoms with van der Waals surface area (Å²) in [5, 5.41) is 2.03. The molecular weight excluding hydrogens is 448 g/mol. The van der Waals surface area contributed by atoms with Crippen molar-refractivity contribution in [1.29, 1.82) is 0 Å². The third-order valence-corrected chi connectivity index (χ3v) is 6.44. The second kappa shape index (κ2) is 12.0. The Morgan fingerprint density at radius 2 is 1.65 bits per heavy atom. The molecule has 2 amide bonds. The minimum atomic E-state index is -0.294. The second-order valence-electron chi connectivity index (χ2n) is 7.84. The molecule has 3 rings (SSSR count). The summed E-state index contributed by atoms with van der Waals surface area (Å²) in [6.07, 6.45) is 1.62. The summed E-state index contributed by atoms with van der Waals surface area (Å²) >= 11 is 1.63. The fourth-order valence-electron chi connectivity index (χ4n) is 3.53. The Kier molecular flexibility index (Phi) is 8.87. The molecule has 6 nitrogen and oxygen atoms in total. The van der Waals surface area contributed by atoms with E-state index in [2.05, 4.69) is 12.6 Å². The predicted octanol–water partition coefficient (Wildman–Crippen LogP) is 4.93. The van der Waals surface area contributed by atoms with Crippen LogP contribution in [-0.4, -0.2) is 48.9 Å². The maximum Gasteiger partial charge on any atom is 0.254 e. The van der Waals surface area contributed by atoms with Crippen molar-refractivity contribution in [3.05, 3.63) is 94.2 Å². The first-order valence-corrected chi connectivity index (χ1v) is 11.8. The van der Waals surface area contributed by atoms with Crippen LogP contribution in [0.15, 0.2) is 72.6 Å². The van der Waals surface area contributed by atoms with Crippen LogP contribution in [0.25, 0.3) is 0 Å². The molecule has 0 unspecified atom stereocenters. The SMILES string of the molecule is C=CCN(CC(=O)N(Cc1ccccc1)Cc1sccc1C)C(=O)c1cc(OC)cc(OC)c1. The minimum Gasteiger partial charge on any atom is -0.497 e. The summed E-state index contributed by atoms with van der Waals surface area (Å²) in [4.78, 5) is 31.3. The number of carbonyl (C=O) groups is 2. The number of methoxy groups -OCH3 is 2. The zero-order chi connectivity index (χ0) is 24.5. The van der Waals surface area contributed by atoms with Gasteiger partial charge in [-0.25, -0.2) is 0 Å². The van der Waals surface area contributed by atoms with Gasteiger partial charge in [0.2, 0.25) is 5.91 Å². The number of hydrogen-bond donors (Lipinski definition) is 0. The molecule has 0 aliphatic heterocycles. The highest BCUT2D eigenvalue weighted by Crippen LogP contribution is 2.24. The molecule has 0 bridgehead atoms. The highest BCUT2D eigenvalue weighted by Gasteiger charge is 2.23. The third kappa shape index (κ3) is 6.48. The second-order valence-corrected chi connectivity index (χ2v) is 8.84. The molecule has 0 radical (unpaired) electrons. The third-order valence-electron chi connectivity index (χ3n) is 5.43. The van der Waals surface area contributed by atoms with Crippen molar-refractivity contribution in [2.45, 2.75) is 20.0 Å². The van der Waals surface area contributed by atoms with Gasteiger partial charge in [0.25, 0.3) is 5.91 Å². The molecule has 0 aliphatic carbocycles. The van der Waals surface area contributed by atoms with Crippen LogP contribution in [0, 0.1) is 6.92 Å². The molecule has 2 aromatic carbocycles. The van der Waals surface area contributed by atoms with Crippen LogP contribution in [0.4, 0.5) is 0 Å². The molecule has 0 saturated heterocycles. The van der Waals surface area contributed by atoms with Crippen molar-refractivity contribution in [2.24, 2.45) is 0 Å². The van der Waals surface area contributed by atoms with Crippen LogP contribution in [-0.2, 0) is 17.9 Å². The Labute approximate surface area is 205 Å². The van der Waals surface area contributed by atoms with E-state index in [0.29, 0.717) is 30.2 Å². The van der Waals surface area contributed by atoms with Gasteiger partial charge in [-0.15, -0.1) is 17.9 Å². The van der Waals surface area contributed by atoms with Crippen LogP contribution in [0.3, 0.4) is 0 Å². The molecule has 0 fully saturated rings. The van der Waals surface area contributed by atoms with Gasteiger partial charge in [0, 0.05) is 29.6 Å². The predicted molar refractivity (Wildman–Crippen MR) is 135 cm³/mol. The van der Waals surface area contributed by atoms with Gasteiger partial charge in [-0.3, -0.25) is 9.59 Å². The van der Waals surface area contributed by atoms with Crippen LogP contribution in [0.1, 0.15) is 26.4 Å². The Bertz CT molecular complexity index is 1100. The first kappa shape index (κ1) is 25.1. The topological polar surface area (TPSA) is 59.1 Å². The quantitative estimate of drug-likeness (QED) is 0.367.